The van der Waals surface area contributed by atoms with Gasteiger partial charge >= 0.3 is 0 Å². The molecule has 1 fully saturated rings. The number of hydrogen-bond acceptors (Lipinski definition) is 2. The van der Waals surface area contributed by atoms with Gasteiger partial charge in [0.15, 0.2) is 0 Å². The van der Waals surface area contributed by atoms with E-state index in [0.717, 1.165) is 13.2 Å². The van der Waals surface area contributed by atoms with Crippen LogP contribution in [0.3, 0.4) is 0 Å². The second kappa shape index (κ2) is 5.33. The number of ether oxygens (including phenoxy) is 1. The third kappa shape index (κ3) is 3.37. The molecule has 1 rings (SSSR count). The quantitative estimate of drug-likeness (QED) is 0.649. The van der Waals surface area contributed by atoms with Crippen LogP contribution in [0.2, 0.25) is 0 Å². The average molecular weight is 169 g/mol. The Labute approximate surface area is 75.0 Å². The van der Waals surface area contributed by atoms with E-state index in [2.05, 4.69) is 18.3 Å². The molecule has 0 bridgehead atoms. The van der Waals surface area contributed by atoms with Gasteiger partial charge in [-0.2, -0.15) is 0 Å². The van der Waals surface area contributed by atoms with Crippen molar-refractivity contribution in [1.29, 1.82) is 0 Å². The number of allylic oxidation sites excluding steroid dienone is 1. The van der Waals surface area contributed by atoms with Gasteiger partial charge in [-0.25, -0.2) is 0 Å². The lowest BCUT2D eigenvalue weighted by atomic mass is 10.0. The largest absolute Gasteiger partial charge is 0.373 e. The first-order valence-corrected chi connectivity index (χ1v) is 4.79. The normalized spacial score (nSPS) is 31.2. The van der Waals surface area contributed by atoms with Gasteiger partial charge in [-0.15, -0.1) is 0 Å². The first kappa shape index (κ1) is 9.75. The van der Waals surface area contributed by atoms with Crippen molar-refractivity contribution in [2.24, 2.45) is 0 Å². The van der Waals surface area contributed by atoms with Crippen molar-refractivity contribution in [2.75, 3.05) is 13.2 Å². The fourth-order valence-electron chi connectivity index (χ4n) is 1.40. The Hall–Kier alpha value is -0.340. The highest BCUT2D eigenvalue weighted by Gasteiger charge is 2.16. The first-order chi connectivity index (χ1) is 5.83. The molecule has 2 atom stereocenters. The maximum atomic E-state index is 5.62. The Kier molecular flexibility index (Phi) is 4.33. The SMILES string of the molecule is CC=CCOC1CCC(C)NC1. The fourth-order valence-corrected chi connectivity index (χ4v) is 1.40. The topological polar surface area (TPSA) is 21.3 Å². The van der Waals surface area contributed by atoms with Gasteiger partial charge in [-0.1, -0.05) is 12.2 Å². The summed E-state index contributed by atoms with van der Waals surface area (Å²) < 4.78 is 5.62. The molecule has 2 nitrogen and oxygen atoms in total. The number of rotatable bonds is 3. The molecule has 1 heterocycles. The zero-order valence-corrected chi connectivity index (χ0v) is 8.05. The van der Waals surface area contributed by atoms with Gasteiger partial charge in [-0.3, -0.25) is 0 Å². The second-order valence-electron chi connectivity index (χ2n) is 3.41. The number of piperidine rings is 1. The highest BCUT2D eigenvalue weighted by atomic mass is 16.5. The monoisotopic (exact) mass is 169 g/mol. The van der Waals surface area contributed by atoms with E-state index in [0.29, 0.717) is 12.1 Å². The van der Waals surface area contributed by atoms with E-state index >= 15 is 0 Å². The molecule has 12 heavy (non-hydrogen) atoms. The van der Waals surface area contributed by atoms with E-state index in [1.54, 1.807) is 0 Å². The lowest BCUT2D eigenvalue weighted by molar-refractivity contribution is 0.0486. The molecule has 2 unspecified atom stereocenters. The molecular formula is C10H19NO. The van der Waals surface area contributed by atoms with Gasteiger partial charge in [0.1, 0.15) is 0 Å². The third-order valence-electron chi connectivity index (χ3n) is 2.28. The van der Waals surface area contributed by atoms with E-state index in [9.17, 15) is 0 Å². The average Bonchev–Trinajstić information content (AvgIpc) is 2.09. The molecule has 70 valence electrons. The van der Waals surface area contributed by atoms with Crippen molar-refractivity contribution in [3.63, 3.8) is 0 Å². The van der Waals surface area contributed by atoms with Crippen LogP contribution in [-0.2, 0) is 4.74 Å². The summed E-state index contributed by atoms with van der Waals surface area (Å²) in [5.74, 6) is 0. The summed E-state index contributed by atoms with van der Waals surface area (Å²) in [6.45, 7) is 6.02. The molecule has 2 heteroatoms. The highest BCUT2D eigenvalue weighted by molar-refractivity contribution is 4.79. The van der Waals surface area contributed by atoms with Crippen LogP contribution in [0.1, 0.15) is 26.7 Å². The molecule has 0 aromatic carbocycles. The van der Waals surface area contributed by atoms with E-state index in [1.165, 1.54) is 12.8 Å². The molecule has 0 spiro atoms. The third-order valence-corrected chi connectivity index (χ3v) is 2.28. The molecule has 0 aromatic rings. The Bertz CT molecular complexity index is 137. The zero-order chi connectivity index (χ0) is 8.81. The van der Waals surface area contributed by atoms with Gasteiger partial charge in [0.2, 0.25) is 0 Å². The van der Waals surface area contributed by atoms with Crippen LogP contribution in [0.4, 0.5) is 0 Å². The highest BCUT2D eigenvalue weighted by Crippen LogP contribution is 2.10. The maximum Gasteiger partial charge on any atom is 0.0704 e. The minimum absolute atomic E-state index is 0.428. The van der Waals surface area contributed by atoms with E-state index < -0.39 is 0 Å². The summed E-state index contributed by atoms with van der Waals surface area (Å²) in [5.41, 5.74) is 0. The standard InChI is InChI=1S/C10H19NO/c1-3-4-7-12-10-6-5-9(2)11-8-10/h3-4,9-11H,5-8H2,1-2H3. The lowest BCUT2D eigenvalue weighted by Gasteiger charge is -2.27. The molecule has 1 aliphatic rings. The summed E-state index contributed by atoms with van der Waals surface area (Å²) in [7, 11) is 0. The van der Waals surface area contributed by atoms with E-state index in [1.807, 2.05) is 13.0 Å². The minimum atomic E-state index is 0.428. The van der Waals surface area contributed by atoms with Crippen LogP contribution < -0.4 is 5.32 Å². The predicted molar refractivity (Wildman–Crippen MR) is 51.3 cm³/mol. The Morgan fingerprint density at radius 3 is 2.92 bits per heavy atom. The van der Waals surface area contributed by atoms with Crippen molar-refractivity contribution in [2.45, 2.75) is 38.8 Å². The Balaban J connectivity index is 2.09. The summed E-state index contributed by atoms with van der Waals surface area (Å²) in [4.78, 5) is 0. The van der Waals surface area contributed by atoms with E-state index in [4.69, 9.17) is 4.74 Å². The smallest absolute Gasteiger partial charge is 0.0704 e. The first-order valence-electron chi connectivity index (χ1n) is 4.79. The Morgan fingerprint density at radius 1 is 1.50 bits per heavy atom. The zero-order valence-electron chi connectivity index (χ0n) is 8.05. The summed E-state index contributed by atoms with van der Waals surface area (Å²) in [5, 5.41) is 3.41. The molecule has 1 N–H and O–H groups in total. The van der Waals surface area contributed by atoms with Crippen LogP contribution in [-0.4, -0.2) is 25.3 Å². The number of nitrogens with one attached hydrogen (secondary N) is 1. The van der Waals surface area contributed by atoms with Gasteiger partial charge in [-0.05, 0) is 26.7 Å². The van der Waals surface area contributed by atoms with Crippen LogP contribution >= 0.6 is 0 Å². The van der Waals surface area contributed by atoms with Gasteiger partial charge in [0.05, 0.1) is 12.7 Å². The lowest BCUT2D eigenvalue weighted by Crippen LogP contribution is -2.40. The van der Waals surface area contributed by atoms with Gasteiger partial charge in [0, 0.05) is 12.6 Å². The van der Waals surface area contributed by atoms with Crippen molar-refractivity contribution in [1.82, 2.24) is 5.32 Å². The Morgan fingerprint density at radius 2 is 2.33 bits per heavy atom. The summed E-state index contributed by atoms with van der Waals surface area (Å²) in [6.07, 6.45) is 6.95. The molecule has 0 amide bonds. The maximum absolute atomic E-state index is 5.62. The molecular weight excluding hydrogens is 150 g/mol. The van der Waals surface area contributed by atoms with Crippen molar-refractivity contribution in [3.8, 4) is 0 Å². The van der Waals surface area contributed by atoms with Crippen LogP contribution in [0, 0.1) is 0 Å². The molecule has 0 aromatic heterocycles. The van der Waals surface area contributed by atoms with Crippen molar-refractivity contribution in [3.05, 3.63) is 12.2 Å². The van der Waals surface area contributed by atoms with Crippen LogP contribution in [0.15, 0.2) is 12.2 Å². The second-order valence-corrected chi connectivity index (χ2v) is 3.41. The van der Waals surface area contributed by atoms with Crippen LogP contribution in [0.5, 0.6) is 0 Å². The van der Waals surface area contributed by atoms with Gasteiger partial charge < -0.3 is 10.1 Å². The summed E-state index contributed by atoms with van der Waals surface area (Å²) in [6, 6.07) is 0.673. The minimum Gasteiger partial charge on any atom is -0.373 e. The van der Waals surface area contributed by atoms with Gasteiger partial charge in [0.25, 0.3) is 0 Å². The van der Waals surface area contributed by atoms with Crippen molar-refractivity contribution < 1.29 is 4.74 Å². The molecule has 0 aliphatic carbocycles. The molecule has 1 saturated heterocycles. The van der Waals surface area contributed by atoms with E-state index in [-0.39, 0.29) is 0 Å². The molecule has 1 aliphatic heterocycles. The summed E-state index contributed by atoms with van der Waals surface area (Å²) >= 11 is 0. The molecule has 0 radical (unpaired) electrons. The number of hydrogen-bond donors (Lipinski definition) is 1. The van der Waals surface area contributed by atoms with Crippen LogP contribution in [0.25, 0.3) is 0 Å². The fraction of sp³-hybridized carbons (Fsp3) is 0.800. The van der Waals surface area contributed by atoms with Crippen molar-refractivity contribution >= 4 is 0 Å². The predicted octanol–water partition coefficient (Wildman–Crippen LogP) is 1.72. The molecule has 0 saturated carbocycles.